The average Bonchev–Trinajstić information content (AvgIpc) is 2.77. The van der Waals surface area contributed by atoms with E-state index in [0.717, 1.165) is 12.4 Å². The molecule has 0 fully saturated rings. The van der Waals surface area contributed by atoms with E-state index in [1.165, 1.54) is 0 Å². The van der Waals surface area contributed by atoms with Crippen molar-refractivity contribution in [2.24, 2.45) is 0 Å². The van der Waals surface area contributed by atoms with E-state index in [-0.39, 0.29) is 6.04 Å². The van der Waals surface area contributed by atoms with E-state index in [4.69, 9.17) is 9.47 Å². The summed E-state index contributed by atoms with van der Waals surface area (Å²) in [6.45, 7) is 7.42. The number of methoxy groups -OCH3 is 1. The second-order valence-corrected chi connectivity index (χ2v) is 3.64. The number of aromatic nitrogens is 4. The van der Waals surface area contributed by atoms with Crippen molar-refractivity contribution < 1.29 is 9.47 Å². The Bertz CT molecular complexity index is 305. The molecule has 0 bridgehead atoms. The minimum absolute atomic E-state index is 0.147. The summed E-state index contributed by atoms with van der Waals surface area (Å²) in [5.41, 5.74) is 0. The third-order valence-electron chi connectivity index (χ3n) is 2.34. The fourth-order valence-electron chi connectivity index (χ4n) is 1.47. The van der Waals surface area contributed by atoms with Gasteiger partial charge < -0.3 is 14.8 Å². The Kier molecular flexibility index (Phi) is 6.68. The Morgan fingerprint density at radius 2 is 2.18 bits per heavy atom. The molecule has 0 spiro atoms. The van der Waals surface area contributed by atoms with Crippen LogP contribution < -0.4 is 5.32 Å². The maximum atomic E-state index is 5.38. The molecule has 0 aliphatic rings. The maximum Gasteiger partial charge on any atom is 0.168 e. The van der Waals surface area contributed by atoms with Crippen LogP contribution in [0.2, 0.25) is 0 Å². The predicted octanol–water partition coefficient (Wildman–Crippen LogP) is 0.00660. The van der Waals surface area contributed by atoms with Crippen molar-refractivity contribution in [3.05, 3.63) is 5.82 Å². The van der Waals surface area contributed by atoms with Crippen LogP contribution in [0, 0.1) is 0 Å². The van der Waals surface area contributed by atoms with E-state index < -0.39 is 0 Å². The molecule has 1 unspecified atom stereocenters. The number of rotatable bonds is 9. The van der Waals surface area contributed by atoms with Gasteiger partial charge in [0.2, 0.25) is 0 Å². The van der Waals surface area contributed by atoms with Crippen molar-refractivity contribution >= 4 is 0 Å². The van der Waals surface area contributed by atoms with Crippen molar-refractivity contribution in [2.45, 2.75) is 26.4 Å². The van der Waals surface area contributed by atoms with Gasteiger partial charge in [0.15, 0.2) is 5.82 Å². The van der Waals surface area contributed by atoms with Gasteiger partial charge in [-0.3, -0.25) is 0 Å². The Labute approximate surface area is 101 Å². The van der Waals surface area contributed by atoms with E-state index in [0.29, 0.717) is 26.4 Å². The van der Waals surface area contributed by atoms with Crippen LogP contribution in [-0.4, -0.2) is 53.7 Å². The molecule has 1 rings (SSSR count). The van der Waals surface area contributed by atoms with Crippen LogP contribution in [-0.2, 0) is 16.0 Å². The molecule has 0 aromatic carbocycles. The first-order valence-corrected chi connectivity index (χ1v) is 5.85. The van der Waals surface area contributed by atoms with Crippen LogP contribution in [0.3, 0.4) is 0 Å². The molecule has 1 N–H and O–H groups in total. The van der Waals surface area contributed by atoms with E-state index in [2.05, 4.69) is 27.8 Å². The van der Waals surface area contributed by atoms with E-state index in [9.17, 15) is 0 Å². The van der Waals surface area contributed by atoms with Gasteiger partial charge in [-0.1, -0.05) is 6.92 Å². The number of nitrogens with zero attached hydrogens (tertiary/aromatic N) is 4. The van der Waals surface area contributed by atoms with Gasteiger partial charge in [-0.25, -0.2) is 4.68 Å². The van der Waals surface area contributed by atoms with Gasteiger partial charge in [-0.15, -0.1) is 5.10 Å². The second-order valence-electron chi connectivity index (χ2n) is 3.64. The molecule has 0 radical (unpaired) electrons. The maximum absolute atomic E-state index is 5.38. The summed E-state index contributed by atoms with van der Waals surface area (Å²) in [4.78, 5) is 0. The van der Waals surface area contributed by atoms with Gasteiger partial charge >= 0.3 is 0 Å². The fourth-order valence-corrected chi connectivity index (χ4v) is 1.47. The smallest absolute Gasteiger partial charge is 0.168 e. The summed E-state index contributed by atoms with van der Waals surface area (Å²) < 4.78 is 12.0. The fraction of sp³-hybridized carbons (Fsp3) is 0.900. The first-order chi connectivity index (χ1) is 8.29. The van der Waals surface area contributed by atoms with Crippen molar-refractivity contribution in [2.75, 3.05) is 33.5 Å². The summed E-state index contributed by atoms with van der Waals surface area (Å²) in [5.74, 6) is 0.835. The van der Waals surface area contributed by atoms with E-state index in [1.807, 2.05) is 6.92 Å². The Hall–Kier alpha value is -1.05. The number of ether oxygens (including phenoxy) is 2. The highest BCUT2D eigenvalue weighted by Crippen LogP contribution is 2.06. The molecule has 0 aliphatic heterocycles. The van der Waals surface area contributed by atoms with Crippen molar-refractivity contribution in [3.63, 3.8) is 0 Å². The molecule has 1 aromatic heterocycles. The Morgan fingerprint density at radius 1 is 1.35 bits per heavy atom. The molecule has 98 valence electrons. The van der Waals surface area contributed by atoms with E-state index in [1.54, 1.807) is 11.8 Å². The molecule has 0 aliphatic carbocycles. The first-order valence-electron chi connectivity index (χ1n) is 5.85. The number of hydrogen-bond donors (Lipinski definition) is 1. The summed E-state index contributed by atoms with van der Waals surface area (Å²) in [5, 5.41) is 14.9. The zero-order valence-corrected chi connectivity index (χ0v) is 10.7. The molecule has 0 amide bonds. The predicted molar refractivity (Wildman–Crippen MR) is 62.6 cm³/mol. The number of hydrogen-bond acceptors (Lipinski definition) is 6. The van der Waals surface area contributed by atoms with Crippen LogP contribution in [0.25, 0.3) is 0 Å². The highest BCUT2D eigenvalue weighted by atomic mass is 16.5. The Morgan fingerprint density at radius 3 is 2.88 bits per heavy atom. The third-order valence-corrected chi connectivity index (χ3v) is 2.34. The van der Waals surface area contributed by atoms with Crippen LogP contribution >= 0.6 is 0 Å². The average molecular weight is 243 g/mol. The number of nitrogens with one attached hydrogen (secondary N) is 1. The quantitative estimate of drug-likeness (QED) is 0.616. The summed E-state index contributed by atoms with van der Waals surface area (Å²) in [6.07, 6.45) is 0. The highest BCUT2D eigenvalue weighted by molar-refractivity contribution is 4.89. The SMILES string of the molecule is CCNC(C)c1nnnn1CCOCCOC. The zero-order valence-electron chi connectivity index (χ0n) is 10.7. The third kappa shape index (κ3) is 4.76. The van der Waals surface area contributed by atoms with Gasteiger partial charge in [0.1, 0.15) is 0 Å². The van der Waals surface area contributed by atoms with Gasteiger partial charge in [0.25, 0.3) is 0 Å². The highest BCUT2D eigenvalue weighted by Gasteiger charge is 2.12. The molecule has 0 saturated heterocycles. The molecular weight excluding hydrogens is 222 g/mol. The van der Waals surface area contributed by atoms with Gasteiger partial charge in [-0.05, 0) is 23.9 Å². The molecule has 0 saturated carbocycles. The normalized spacial score (nSPS) is 12.9. The summed E-state index contributed by atoms with van der Waals surface area (Å²) in [7, 11) is 1.65. The van der Waals surface area contributed by atoms with Gasteiger partial charge in [0.05, 0.1) is 32.4 Å². The van der Waals surface area contributed by atoms with E-state index >= 15 is 0 Å². The van der Waals surface area contributed by atoms with Crippen LogP contribution in [0.15, 0.2) is 0 Å². The summed E-state index contributed by atoms with van der Waals surface area (Å²) >= 11 is 0. The van der Waals surface area contributed by atoms with Crippen LogP contribution in [0.5, 0.6) is 0 Å². The zero-order chi connectivity index (χ0) is 12.5. The molecule has 7 nitrogen and oxygen atoms in total. The minimum atomic E-state index is 0.147. The standard InChI is InChI=1S/C10H21N5O2/c1-4-11-9(2)10-12-13-14-15(10)5-6-17-8-7-16-3/h9,11H,4-8H2,1-3H3. The Balaban J connectivity index is 2.35. The lowest BCUT2D eigenvalue weighted by atomic mass is 10.3. The number of tetrazole rings is 1. The lowest BCUT2D eigenvalue weighted by Crippen LogP contribution is -2.23. The molecular formula is C10H21N5O2. The largest absolute Gasteiger partial charge is 0.382 e. The molecule has 1 aromatic rings. The van der Waals surface area contributed by atoms with Crippen molar-refractivity contribution in [1.29, 1.82) is 0 Å². The summed E-state index contributed by atoms with van der Waals surface area (Å²) in [6, 6.07) is 0.147. The van der Waals surface area contributed by atoms with Crippen LogP contribution in [0.1, 0.15) is 25.7 Å². The van der Waals surface area contributed by atoms with Gasteiger partial charge in [-0.2, -0.15) is 0 Å². The topological polar surface area (TPSA) is 74.1 Å². The monoisotopic (exact) mass is 243 g/mol. The lowest BCUT2D eigenvalue weighted by Gasteiger charge is -2.12. The van der Waals surface area contributed by atoms with Crippen molar-refractivity contribution in [1.82, 2.24) is 25.5 Å². The lowest BCUT2D eigenvalue weighted by molar-refractivity contribution is 0.0647. The molecule has 1 heterocycles. The van der Waals surface area contributed by atoms with Crippen LogP contribution in [0.4, 0.5) is 0 Å². The second kappa shape index (κ2) is 8.10. The molecule has 1 atom stereocenters. The van der Waals surface area contributed by atoms with Gasteiger partial charge in [0, 0.05) is 7.11 Å². The first kappa shape index (κ1) is 14.0. The minimum Gasteiger partial charge on any atom is -0.382 e. The molecule has 7 heteroatoms. The molecule has 17 heavy (non-hydrogen) atoms. The van der Waals surface area contributed by atoms with Crippen molar-refractivity contribution in [3.8, 4) is 0 Å².